The minimum atomic E-state index is 0.374. The zero-order valence-electron chi connectivity index (χ0n) is 16.9. The molecule has 1 saturated heterocycles. The standard InChI is InChI=1S/C23H25ClN2OS3/c1-2-20-22(29-30-23(20)28)17-5-8-21(27)18(13-17)15-26-11-9-25(10-12-26)14-16-3-6-19(24)7-4-16/h3-8,13,27H,2,9-12,14-15H2,1H3. The van der Waals surface area contributed by atoms with E-state index in [1.54, 1.807) is 20.7 Å². The molecule has 4 rings (SSSR count). The number of hydrogen-bond acceptors (Lipinski definition) is 6. The van der Waals surface area contributed by atoms with E-state index in [1.807, 2.05) is 24.3 Å². The highest BCUT2D eigenvalue weighted by Gasteiger charge is 2.19. The van der Waals surface area contributed by atoms with E-state index in [9.17, 15) is 5.11 Å². The highest BCUT2D eigenvalue weighted by Crippen LogP contribution is 2.37. The van der Waals surface area contributed by atoms with Gasteiger partial charge in [0.25, 0.3) is 0 Å². The molecule has 1 aromatic heterocycles. The number of rotatable bonds is 6. The molecule has 1 aliphatic heterocycles. The van der Waals surface area contributed by atoms with Gasteiger partial charge < -0.3 is 5.11 Å². The van der Waals surface area contributed by atoms with Gasteiger partial charge >= 0.3 is 0 Å². The lowest BCUT2D eigenvalue weighted by atomic mass is 10.0. The highest BCUT2D eigenvalue weighted by atomic mass is 35.5. The van der Waals surface area contributed by atoms with Crippen LogP contribution in [0.4, 0.5) is 0 Å². The molecule has 3 nitrogen and oxygen atoms in total. The number of aromatic hydroxyl groups is 1. The topological polar surface area (TPSA) is 26.7 Å². The average Bonchev–Trinajstić information content (AvgIpc) is 3.13. The first-order chi connectivity index (χ1) is 14.5. The molecule has 2 heterocycles. The molecule has 0 radical (unpaired) electrons. The van der Waals surface area contributed by atoms with Crippen LogP contribution in [-0.2, 0) is 19.5 Å². The molecule has 0 aliphatic carbocycles. The lowest BCUT2D eigenvalue weighted by Crippen LogP contribution is -2.45. The number of phenols is 1. The summed E-state index contributed by atoms with van der Waals surface area (Å²) in [7, 11) is 3.41. The van der Waals surface area contributed by atoms with Crippen LogP contribution >= 0.6 is 44.5 Å². The molecule has 0 amide bonds. The second-order valence-corrected chi connectivity index (χ2v) is 10.9. The summed E-state index contributed by atoms with van der Waals surface area (Å²) in [4.78, 5) is 6.15. The summed E-state index contributed by atoms with van der Waals surface area (Å²) < 4.78 is 0.990. The zero-order chi connectivity index (χ0) is 21.1. The van der Waals surface area contributed by atoms with E-state index >= 15 is 0 Å². The zero-order valence-corrected chi connectivity index (χ0v) is 20.1. The SMILES string of the molecule is CCc1c(-c2ccc(O)c(CN3CCN(Cc4ccc(Cl)cc4)CC3)c2)ssc1=S. The molecule has 1 fully saturated rings. The van der Waals surface area contributed by atoms with Crippen LogP contribution < -0.4 is 0 Å². The Kier molecular flexibility index (Phi) is 7.24. The van der Waals surface area contributed by atoms with Crippen molar-refractivity contribution < 1.29 is 5.11 Å². The number of nitrogens with zero attached hydrogens (tertiary/aromatic N) is 2. The van der Waals surface area contributed by atoms with Crippen LogP contribution in [0.5, 0.6) is 5.75 Å². The molecule has 1 N–H and O–H groups in total. The van der Waals surface area contributed by atoms with Crippen molar-refractivity contribution in [3.05, 3.63) is 68.0 Å². The highest BCUT2D eigenvalue weighted by molar-refractivity contribution is 7.80. The summed E-state index contributed by atoms with van der Waals surface area (Å²) in [5, 5.41) is 11.2. The summed E-state index contributed by atoms with van der Waals surface area (Å²) in [6.45, 7) is 7.91. The van der Waals surface area contributed by atoms with Gasteiger partial charge in [-0.1, -0.05) is 63.6 Å². The number of piperazine rings is 1. The summed E-state index contributed by atoms with van der Waals surface area (Å²) in [5.74, 6) is 0.374. The quantitative estimate of drug-likeness (QED) is 0.327. The van der Waals surface area contributed by atoms with E-state index < -0.39 is 0 Å². The van der Waals surface area contributed by atoms with Crippen molar-refractivity contribution in [3.8, 4) is 16.2 Å². The Morgan fingerprint density at radius 2 is 1.63 bits per heavy atom. The molecule has 158 valence electrons. The molecule has 1 aliphatic rings. The van der Waals surface area contributed by atoms with Crippen LogP contribution in [0.1, 0.15) is 23.6 Å². The Balaban J connectivity index is 1.40. The van der Waals surface area contributed by atoms with Crippen LogP contribution in [0.25, 0.3) is 10.4 Å². The van der Waals surface area contributed by atoms with Gasteiger partial charge in [-0.15, -0.1) is 0 Å². The smallest absolute Gasteiger partial charge is 0.120 e. The van der Waals surface area contributed by atoms with E-state index in [0.29, 0.717) is 5.75 Å². The van der Waals surface area contributed by atoms with Crippen molar-refractivity contribution in [2.75, 3.05) is 26.2 Å². The number of halogens is 1. The minimum absolute atomic E-state index is 0.374. The molecular weight excluding hydrogens is 452 g/mol. The third-order valence-electron chi connectivity index (χ3n) is 5.59. The average molecular weight is 477 g/mol. The van der Waals surface area contributed by atoms with Gasteiger partial charge in [-0.25, -0.2) is 0 Å². The van der Waals surface area contributed by atoms with Crippen molar-refractivity contribution in [2.24, 2.45) is 0 Å². The van der Waals surface area contributed by atoms with E-state index in [2.05, 4.69) is 34.9 Å². The predicted octanol–water partition coefficient (Wildman–Crippen LogP) is 6.45. The molecular formula is C23H25ClN2OS3. The summed E-state index contributed by atoms with van der Waals surface area (Å²) in [5.41, 5.74) is 4.71. The predicted molar refractivity (Wildman–Crippen MR) is 132 cm³/mol. The van der Waals surface area contributed by atoms with Crippen LogP contribution in [-0.4, -0.2) is 41.1 Å². The van der Waals surface area contributed by atoms with Crippen molar-refractivity contribution in [2.45, 2.75) is 26.4 Å². The largest absolute Gasteiger partial charge is 0.508 e. The van der Waals surface area contributed by atoms with Gasteiger partial charge in [0.15, 0.2) is 0 Å². The Hall–Kier alpha value is -1.28. The van der Waals surface area contributed by atoms with Crippen molar-refractivity contribution in [1.82, 2.24) is 9.80 Å². The maximum atomic E-state index is 10.5. The minimum Gasteiger partial charge on any atom is -0.508 e. The third kappa shape index (κ3) is 5.13. The Morgan fingerprint density at radius 3 is 2.30 bits per heavy atom. The van der Waals surface area contributed by atoms with Gasteiger partial charge in [-0.2, -0.15) is 0 Å². The maximum absolute atomic E-state index is 10.5. The molecule has 2 aromatic carbocycles. The van der Waals surface area contributed by atoms with Gasteiger partial charge in [0, 0.05) is 49.9 Å². The monoisotopic (exact) mass is 476 g/mol. The second kappa shape index (κ2) is 9.90. The third-order valence-corrected chi connectivity index (χ3v) is 9.04. The molecule has 0 saturated carbocycles. The van der Waals surface area contributed by atoms with E-state index in [1.165, 1.54) is 21.6 Å². The van der Waals surface area contributed by atoms with Crippen LogP contribution in [0, 0.1) is 3.82 Å². The van der Waals surface area contributed by atoms with Crippen LogP contribution in [0.15, 0.2) is 42.5 Å². The fourth-order valence-corrected chi connectivity index (χ4v) is 7.10. The Bertz CT molecular complexity index is 1050. The summed E-state index contributed by atoms with van der Waals surface area (Å²) in [6, 6.07) is 14.1. The first kappa shape index (κ1) is 21.9. The van der Waals surface area contributed by atoms with Gasteiger partial charge in [0.1, 0.15) is 9.57 Å². The normalized spacial score (nSPS) is 15.5. The van der Waals surface area contributed by atoms with Gasteiger partial charge in [0.05, 0.1) is 4.88 Å². The van der Waals surface area contributed by atoms with E-state index in [0.717, 1.165) is 60.1 Å². The fraction of sp³-hybridized carbons (Fsp3) is 0.348. The maximum Gasteiger partial charge on any atom is 0.120 e. The first-order valence-corrected chi connectivity index (χ1v) is 13.1. The Labute approximate surface area is 195 Å². The molecule has 0 atom stereocenters. The van der Waals surface area contributed by atoms with Crippen molar-refractivity contribution >= 4 is 44.5 Å². The second-order valence-electron chi connectivity index (χ2n) is 7.64. The number of benzene rings is 2. The summed E-state index contributed by atoms with van der Waals surface area (Å²) >= 11 is 11.5. The van der Waals surface area contributed by atoms with Gasteiger partial charge in [0.2, 0.25) is 0 Å². The first-order valence-electron chi connectivity index (χ1n) is 10.2. The van der Waals surface area contributed by atoms with Gasteiger partial charge in [-0.3, -0.25) is 9.80 Å². The molecule has 7 heteroatoms. The lowest BCUT2D eigenvalue weighted by molar-refractivity contribution is 0.121. The van der Waals surface area contributed by atoms with E-state index in [4.69, 9.17) is 23.8 Å². The molecule has 3 aromatic rings. The van der Waals surface area contributed by atoms with E-state index in [-0.39, 0.29) is 0 Å². The van der Waals surface area contributed by atoms with Crippen LogP contribution in [0.3, 0.4) is 0 Å². The van der Waals surface area contributed by atoms with Crippen molar-refractivity contribution in [1.29, 1.82) is 0 Å². The number of phenolic OH excluding ortho intramolecular Hbond substituents is 1. The fourth-order valence-electron chi connectivity index (χ4n) is 3.85. The van der Waals surface area contributed by atoms with Crippen LogP contribution in [0.2, 0.25) is 5.02 Å². The number of hydrogen-bond donors (Lipinski definition) is 1. The molecule has 30 heavy (non-hydrogen) atoms. The molecule has 0 spiro atoms. The lowest BCUT2D eigenvalue weighted by Gasteiger charge is -2.35. The Morgan fingerprint density at radius 1 is 0.967 bits per heavy atom. The summed E-state index contributed by atoms with van der Waals surface area (Å²) in [6.07, 6.45) is 0.944. The van der Waals surface area contributed by atoms with Gasteiger partial charge in [-0.05, 0) is 53.4 Å². The molecule has 0 bridgehead atoms. The molecule has 0 unspecified atom stereocenters. The van der Waals surface area contributed by atoms with Crippen molar-refractivity contribution in [3.63, 3.8) is 0 Å².